The largest absolute Gasteiger partial charge is 0.485 e. The lowest BCUT2D eigenvalue weighted by molar-refractivity contribution is 0.179. The monoisotopic (exact) mass is 325 g/mol. The molecule has 2 aromatic heterocycles. The SMILES string of the molecule is COC(=O)N(c1ccno1)c1ccccc1OCc1ccccn1. The molecule has 0 aliphatic rings. The Morgan fingerprint density at radius 3 is 2.67 bits per heavy atom. The van der Waals surface area contributed by atoms with Crippen LogP contribution in [0.3, 0.4) is 0 Å². The number of aromatic nitrogens is 2. The van der Waals surface area contributed by atoms with Crippen molar-refractivity contribution >= 4 is 17.7 Å². The van der Waals surface area contributed by atoms with Crippen molar-refractivity contribution in [2.45, 2.75) is 6.61 Å². The summed E-state index contributed by atoms with van der Waals surface area (Å²) < 4.78 is 15.8. The second-order valence-electron chi connectivity index (χ2n) is 4.73. The van der Waals surface area contributed by atoms with E-state index in [1.165, 1.54) is 18.2 Å². The second kappa shape index (κ2) is 7.28. The molecule has 0 N–H and O–H groups in total. The third kappa shape index (κ3) is 3.35. The molecule has 1 aromatic carbocycles. The Bertz CT molecular complexity index is 791. The Morgan fingerprint density at radius 2 is 1.96 bits per heavy atom. The summed E-state index contributed by atoms with van der Waals surface area (Å²) in [4.78, 5) is 17.6. The average Bonchev–Trinajstić information content (AvgIpc) is 3.16. The van der Waals surface area contributed by atoms with E-state index in [4.69, 9.17) is 14.0 Å². The minimum atomic E-state index is -0.611. The molecule has 24 heavy (non-hydrogen) atoms. The van der Waals surface area contributed by atoms with Crippen LogP contribution >= 0.6 is 0 Å². The fourth-order valence-electron chi connectivity index (χ4n) is 2.12. The van der Waals surface area contributed by atoms with Gasteiger partial charge in [0.2, 0.25) is 5.88 Å². The van der Waals surface area contributed by atoms with Crippen molar-refractivity contribution < 1.29 is 18.8 Å². The van der Waals surface area contributed by atoms with Gasteiger partial charge in [0.15, 0.2) is 0 Å². The van der Waals surface area contributed by atoms with Crippen molar-refractivity contribution in [3.63, 3.8) is 0 Å². The highest BCUT2D eigenvalue weighted by molar-refractivity contribution is 5.96. The zero-order valence-electron chi connectivity index (χ0n) is 13.0. The van der Waals surface area contributed by atoms with Crippen molar-refractivity contribution in [3.8, 4) is 5.75 Å². The van der Waals surface area contributed by atoms with Gasteiger partial charge in [-0.1, -0.05) is 23.4 Å². The zero-order valence-corrected chi connectivity index (χ0v) is 13.0. The van der Waals surface area contributed by atoms with Crippen LogP contribution < -0.4 is 9.64 Å². The van der Waals surface area contributed by atoms with Gasteiger partial charge >= 0.3 is 6.09 Å². The minimum absolute atomic E-state index is 0.232. The molecule has 0 aliphatic heterocycles. The van der Waals surface area contributed by atoms with Crippen LogP contribution in [0.5, 0.6) is 5.75 Å². The maximum absolute atomic E-state index is 12.2. The second-order valence-corrected chi connectivity index (χ2v) is 4.73. The van der Waals surface area contributed by atoms with Crippen molar-refractivity contribution in [1.82, 2.24) is 10.1 Å². The van der Waals surface area contributed by atoms with Crippen molar-refractivity contribution in [1.29, 1.82) is 0 Å². The number of rotatable bonds is 5. The van der Waals surface area contributed by atoms with Crippen molar-refractivity contribution in [2.75, 3.05) is 12.0 Å². The molecule has 0 aliphatic carbocycles. The van der Waals surface area contributed by atoms with E-state index in [0.29, 0.717) is 11.4 Å². The number of methoxy groups -OCH3 is 1. The molecule has 1 amide bonds. The predicted molar refractivity (Wildman–Crippen MR) is 86.1 cm³/mol. The Labute approximate surface area is 138 Å². The van der Waals surface area contributed by atoms with E-state index in [0.717, 1.165) is 5.69 Å². The average molecular weight is 325 g/mol. The molecule has 0 spiro atoms. The first kappa shape index (κ1) is 15.5. The Morgan fingerprint density at radius 1 is 1.12 bits per heavy atom. The molecule has 0 saturated carbocycles. The Kier molecular flexibility index (Phi) is 4.71. The van der Waals surface area contributed by atoms with Gasteiger partial charge in [-0.05, 0) is 24.3 Å². The highest BCUT2D eigenvalue weighted by atomic mass is 16.6. The lowest BCUT2D eigenvalue weighted by Gasteiger charge is -2.20. The lowest BCUT2D eigenvalue weighted by atomic mass is 10.2. The van der Waals surface area contributed by atoms with Gasteiger partial charge in [0, 0.05) is 12.3 Å². The van der Waals surface area contributed by atoms with E-state index >= 15 is 0 Å². The molecule has 3 rings (SSSR count). The minimum Gasteiger partial charge on any atom is -0.485 e. The molecule has 7 nitrogen and oxygen atoms in total. The summed E-state index contributed by atoms with van der Waals surface area (Å²) in [5.41, 5.74) is 1.26. The summed E-state index contributed by atoms with van der Waals surface area (Å²) in [6.07, 6.45) is 2.53. The number of carbonyl (C=O) groups excluding carboxylic acids is 1. The molecule has 0 fully saturated rings. The number of anilines is 2. The molecular weight excluding hydrogens is 310 g/mol. The van der Waals surface area contributed by atoms with Crippen LogP contribution in [-0.2, 0) is 11.3 Å². The first-order valence-corrected chi connectivity index (χ1v) is 7.20. The number of hydrogen-bond acceptors (Lipinski definition) is 6. The summed E-state index contributed by atoms with van der Waals surface area (Å²) in [5.74, 6) is 0.723. The molecule has 7 heteroatoms. The third-order valence-electron chi connectivity index (χ3n) is 3.21. The number of hydrogen-bond donors (Lipinski definition) is 0. The number of pyridine rings is 1. The topological polar surface area (TPSA) is 77.7 Å². The van der Waals surface area contributed by atoms with Gasteiger partial charge < -0.3 is 14.0 Å². The quantitative estimate of drug-likeness (QED) is 0.714. The highest BCUT2D eigenvalue weighted by Crippen LogP contribution is 2.34. The van der Waals surface area contributed by atoms with Gasteiger partial charge in [-0.15, -0.1) is 0 Å². The fraction of sp³-hybridized carbons (Fsp3) is 0.118. The van der Waals surface area contributed by atoms with E-state index in [1.54, 1.807) is 30.5 Å². The third-order valence-corrected chi connectivity index (χ3v) is 3.21. The van der Waals surface area contributed by atoms with Crippen LogP contribution in [0, 0.1) is 0 Å². The zero-order chi connectivity index (χ0) is 16.8. The maximum atomic E-state index is 12.2. The molecule has 0 radical (unpaired) electrons. The standard InChI is InChI=1S/C17H15N3O4/c1-22-17(21)20(16-9-11-19-24-16)14-7-2-3-8-15(14)23-12-13-6-4-5-10-18-13/h2-11H,12H2,1H3. The molecule has 0 saturated heterocycles. The van der Waals surface area contributed by atoms with Gasteiger partial charge in [-0.3, -0.25) is 4.98 Å². The van der Waals surface area contributed by atoms with Gasteiger partial charge in [-0.25, -0.2) is 9.69 Å². The van der Waals surface area contributed by atoms with E-state index in [9.17, 15) is 4.79 Å². The van der Waals surface area contributed by atoms with Crippen molar-refractivity contribution in [3.05, 3.63) is 66.6 Å². The van der Waals surface area contributed by atoms with Crippen molar-refractivity contribution in [2.24, 2.45) is 0 Å². The summed E-state index contributed by atoms with van der Waals surface area (Å²) in [7, 11) is 1.29. The predicted octanol–water partition coefficient (Wildman–Crippen LogP) is 3.55. The number of para-hydroxylation sites is 2. The smallest absolute Gasteiger partial charge is 0.421 e. The number of benzene rings is 1. The number of nitrogens with zero attached hydrogens (tertiary/aromatic N) is 3. The molecule has 0 bridgehead atoms. The Balaban J connectivity index is 1.90. The van der Waals surface area contributed by atoms with Crippen LogP contribution in [0.1, 0.15) is 5.69 Å². The van der Waals surface area contributed by atoms with Gasteiger partial charge in [0.25, 0.3) is 0 Å². The molecule has 0 unspecified atom stereocenters. The van der Waals surface area contributed by atoms with Gasteiger partial charge in [0.1, 0.15) is 12.4 Å². The molecule has 3 aromatic rings. The van der Waals surface area contributed by atoms with E-state index in [1.807, 2.05) is 24.3 Å². The molecular formula is C17H15N3O4. The molecule has 0 atom stereocenters. The normalized spacial score (nSPS) is 10.2. The Hall–Kier alpha value is -3.35. The summed E-state index contributed by atoms with van der Waals surface area (Å²) in [6.45, 7) is 0.267. The van der Waals surface area contributed by atoms with Crippen LogP contribution in [0.4, 0.5) is 16.4 Å². The summed E-state index contributed by atoms with van der Waals surface area (Å²) in [6, 6.07) is 14.2. The van der Waals surface area contributed by atoms with E-state index in [-0.39, 0.29) is 12.5 Å². The van der Waals surface area contributed by atoms with Gasteiger partial charge in [0.05, 0.1) is 24.7 Å². The van der Waals surface area contributed by atoms with Crippen LogP contribution in [0.25, 0.3) is 0 Å². The van der Waals surface area contributed by atoms with E-state index in [2.05, 4.69) is 10.1 Å². The molecule has 2 heterocycles. The summed E-state index contributed by atoms with van der Waals surface area (Å²) >= 11 is 0. The molecule has 122 valence electrons. The first-order valence-electron chi connectivity index (χ1n) is 7.20. The number of ether oxygens (including phenoxy) is 2. The van der Waals surface area contributed by atoms with E-state index < -0.39 is 6.09 Å². The lowest BCUT2D eigenvalue weighted by Crippen LogP contribution is -2.25. The van der Waals surface area contributed by atoms with Crippen LogP contribution in [-0.4, -0.2) is 23.3 Å². The van der Waals surface area contributed by atoms with Gasteiger partial charge in [-0.2, -0.15) is 0 Å². The van der Waals surface area contributed by atoms with Crippen LogP contribution in [0.15, 0.2) is 65.4 Å². The van der Waals surface area contributed by atoms with Crippen LogP contribution in [0.2, 0.25) is 0 Å². The fourth-order valence-corrected chi connectivity index (χ4v) is 2.12. The highest BCUT2D eigenvalue weighted by Gasteiger charge is 2.25. The number of amides is 1. The summed E-state index contributed by atoms with van der Waals surface area (Å²) in [5, 5.41) is 3.63. The first-order chi connectivity index (χ1) is 11.8. The maximum Gasteiger partial charge on any atom is 0.421 e. The number of carbonyl (C=O) groups is 1.